The normalized spacial score (nSPS) is 24.3. The van der Waals surface area contributed by atoms with Crippen molar-refractivity contribution in [1.29, 1.82) is 0 Å². The van der Waals surface area contributed by atoms with Crippen molar-refractivity contribution in [2.24, 2.45) is 17.6 Å². The molecule has 0 aromatic carbocycles. The highest BCUT2D eigenvalue weighted by Gasteiger charge is 2.34. The van der Waals surface area contributed by atoms with Crippen LogP contribution < -0.4 is 11.1 Å². The van der Waals surface area contributed by atoms with E-state index in [2.05, 4.69) is 5.32 Å². The molecule has 1 fully saturated rings. The van der Waals surface area contributed by atoms with Crippen molar-refractivity contribution in [2.75, 3.05) is 27.3 Å². The van der Waals surface area contributed by atoms with Gasteiger partial charge in [-0.25, -0.2) is 0 Å². The van der Waals surface area contributed by atoms with Crippen LogP contribution >= 0.6 is 0 Å². The predicted molar refractivity (Wildman–Crippen MR) is 72.4 cm³/mol. The zero-order chi connectivity index (χ0) is 14.6. The van der Waals surface area contributed by atoms with E-state index in [1.165, 1.54) is 4.90 Å². The summed E-state index contributed by atoms with van der Waals surface area (Å²) in [5, 5.41) is 2.81. The zero-order valence-electron chi connectivity index (χ0n) is 12.2. The van der Waals surface area contributed by atoms with Gasteiger partial charge in [0.15, 0.2) is 0 Å². The largest absolute Gasteiger partial charge is 0.379 e. The third-order valence-corrected chi connectivity index (χ3v) is 3.22. The van der Waals surface area contributed by atoms with Gasteiger partial charge in [0.05, 0.1) is 19.1 Å². The minimum absolute atomic E-state index is 0.0884. The maximum absolute atomic E-state index is 12.1. The Morgan fingerprint density at radius 3 is 2.42 bits per heavy atom. The molecule has 1 rings (SSSR count). The summed E-state index contributed by atoms with van der Waals surface area (Å²) in [6, 6.07) is -0.774. The molecule has 6 heteroatoms. The maximum atomic E-state index is 12.1. The second-order valence-corrected chi connectivity index (χ2v) is 5.73. The summed E-state index contributed by atoms with van der Waals surface area (Å²) < 4.78 is 5.18. The first-order valence-corrected chi connectivity index (χ1v) is 6.67. The Hall–Kier alpha value is -1.14. The van der Waals surface area contributed by atoms with Crippen molar-refractivity contribution in [3.8, 4) is 0 Å². The van der Waals surface area contributed by atoms with Gasteiger partial charge in [0.1, 0.15) is 6.04 Å². The van der Waals surface area contributed by atoms with Gasteiger partial charge in [-0.05, 0) is 12.3 Å². The Kier molecular flexibility index (Phi) is 5.75. The number of carbonyl (C=O) groups is 2. The topological polar surface area (TPSA) is 84.7 Å². The Morgan fingerprint density at radius 2 is 2.00 bits per heavy atom. The van der Waals surface area contributed by atoms with Crippen LogP contribution in [-0.2, 0) is 14.3 Å². The van der Waals surface area contributed by atoms with Crippen LogP contribution in [0.3, 0.4) is 0 Å². The van der Waals surface area contributed by atoms with Crippen LogP contribution in [-0.4, -0.2) is 56.1 Å². The summed E-state index contributed by atoms with van der Waals surface area (Å²) in [4.78, 5) is 25.7. The van der Waals surface area contributed by atoms with E-state index in [9.17, 15) is 9.59 Å². The van der Waals surface area contributed by atoms with E-state index >= 15 is 0 Å². The van der Waals surface area contributed by atoms with Gasteiger partial charge in [0.2, 0.25) is 11.8 Å². The van der Waals surface area contributed by atoms with Gasteiger partial charge >= 0.3 is 0 Å². The molecule has 1 aliphatic heterocycles. The minimum Gasteiger partial charge on any atom is -0.379 e. The first kappa shape index (κ1) is 15.9. The molecule has 6 nitrogen and oxygen atoms in total. The Bertz CT molecular complexity index is 331. The van der Waals surface area contributed by atoms with Crippen molar-refractivity contribution in [1.82, 2.24) is 10.2 Å². The van der Waals surface area contributed by atoms with Crippen LogP contribution in [0.2, 0.25) is 0 Å². The van der Waals surface area contributed by atoms with Gasteiger partial charge in [0, 0.05) is 20.1 Å². The molecule has 1 heterocycles. The number of nitrogens with zero attached hydrogens (tertiary/aromatic N) is 1. The molecule has 0 bridgehead atoms. The number of hydrogen-bond donors (Lipinski definition) is 2. The standard InChI is InChI=1S/C13H25N3O3/c1-8(2)5-11(13(18)16(3)4)15-12(17)9-6-19-7-10(9)14/h8-11H,5-7,14H2,1-4H3,(H,15,17). The molecule has 1 aliphatic rings. The SMILES string of the molecule is CC(C)CC(NC(=O)C1COCC1N)C(=O)N(C)C. The van der Waals surface area contributed by atoms with Crippen molar-refractivity contribution in [3.63, 3.8) is 0 Å². The summed E-state index contributed by atoms with van der Waals surface area (Å²) in [7, 11) is 3.37. The second-order valence-electron chi connectivity index (χ2n) is 5.73. The molecule has 0 aliphatic carbocycles. The molecule has 0 aromatic rings. The van der Waals surface area contributed by atoms with Crippen molar-refractivity contribution >= 4 is 11.8 Å². The highest BCUT2D eigenvalue weighted by Crippen LogP contribution is 2.13. The molecule has 3 N–H and O–H groups in total. The first-order valence-electron chi connectivity index (χ1n) is 6.67. The highest BCUT2D eigenvalue weighted by atomic mass is 16.5. The molecular weight excluding hydrogens is 246 g/mol. The molecule has 0 aromatic heterocycles. The number of carbonyl (C=O) groups excluding carboxylic acids is 2. The molecule has 3 atom stereocenters. The van der Waals surface area contributed by atoms with Crippen LogP contribution in [0.1, 0.15) is 20.3 Å². The van der Waals surface area contributed by atoms with Crippen molar-refractivity contribution in [2.45, 2.75) is 32.4 Å². The summed E-state index contributed by atoms with van der Waals surface area (Å²) in [5.74, 6) is -0.312. The summed E-state index contributed by atoms with van der Waals surface area (Å²) >= 11 is 0. The number of nitrogens with one attached hydrogen (secondary N) is 1. The van der Waals surface area contributed by atoms with Gasteiger partial charge in [-0.15, -0.1) is 0 Å². The van der Waals surface area contributed by atoms with Crippen LogP contribution in [0.4, 0.5) is 0 Å². The van der Waals surface area contributed by atoms with Crippen molar-refractivity contribution < 1.29 is 14.3 Å². The quantitative estimate of drug-likeness (QED) is 0.711. The fraction of sp³-hybridized carbons (Fsp3) is 0.846. The highest BCUT2D eigenvalue weighted by molar-refractivity contribution is 5.88. The fourth-order valence-electron chi connectivity index (χ4n) is 2.12. The van der Waals surface area contributed by atoms with E-state index in [-0.39, 0.29) is 23.8 Å². The van der Waals surface area contributed by atoms with Gasteiger partial charge in [-0.3, -0.25) is 9.59 Å². The Balaban J connectivity index is 2.66. The Morgan fingerprint density at radius 1 is 1.37 bits per heavy atom. The molecule has 110 valence electrons. The van der Waals surface area contributed by atoms with Gasteiger partial charge < -0.3 is 20.7 Å². The summed E-state index contributed by atoms with van der Waals surface area (Å²) in [6.45, 7) is 4.77. The summed E-state index contributed by atoms with van der Waals surface area (Å²) in [5.41, 5.74) is 5.81. The molecule has 0 spiro atoms. The molecule has 0 saturated carbocycles. The van der Waals surface area contributed by atoms with E-state index in [4.69, 9.17) is 10.5 Å². The fourth-order valence-corrected chi connectivity index (χ4v) is 2.12. The molecule has 3 unspecified atom stereocenters. The van der Waals surface area contributed by atoms with Gasteiger partial charge in [-0.2, -0.15) is 0 Å². The first-order chi connectivity index (χ1) is 8.82. The molecule has 0 radical (unpaired) electrons. The number of likely N-dealkylation sites (N-methyl/N-ethyl adjacent to an activating group) is 1. The lowest BCUT2D eigenvalue weighted by Crippen LogP contribution is -2.51. The number of ether oxygens (including phenoxy) is 1. The summed E-state index contributed by atoms with van der Waals surface area (Å²) in [6.07, 6.45) is 0.617. The van der Waals surface area contributed by atoms with Gasteiger partial charge in [-0.1, -0.05) is 13.8 Å². The smallest absolute Gasteiger partial charge is 0.244 e. The number of nitrogens with two attached hydrogens (primary N) is 1. The zero-order valence-corrected chi connectivity index (χ0v) is 12.2. The van der Waals surface area contributed by atoms with E-state index in [1.807, 2.05) is 13.8 Å². The predicted octanol–water partition coefficient (Wildman–Crippen LogP) is -0.421. The number of rotatable bonds is 5. The van der Waals surface area contributed by atoms with E-state index in [0.29, 0.717) is 25.6 Å². The van der Waals surface area contributed by atoms with E-state index in [1.54, 1.807) is 14.1 Å². The van der Waals surface area contributed by atoms with Gasteiger partial charge in [0.25, 0.3) is 0 Å². The average Bonchev–Trinajstić information content (AvgIpc) is 2.72. The van der Waals surface area contributed by atoms with Crippen LogP contribution in [0.25, 0.3) is 0 Å². The lowest BCUT2D eigenvalue weighted by molar-refractivity contribution is -0.136. The average molecular weight is 271 g/mol. The van der Waals surface area contributed by atoms with Crippen LogP contribution in [0.15, 0.2) is 0 Å². The lowest BCUT2D eigenvalue weighted by Gasteiger charge is -2.25. The van der Waals surface area contributed by atoms with Crippen LogP contribution in [0.5, 0.6) is 0 Å². The van der Waals surface area contributed by atoms with E-state index < -0.39 is 6.04 Å². The molecule has 1 saturated heterocycles. The molecular formula is C13H25N3O3. The van der Waals surface area contributed by atoms with Crippen molar-refractivity contribution in [3.05, 3.63) is 0 Å². The third-order valence-electron chi connectivity index (χ3n) is 3.22. The number of amides is 2. The maximum Gasteiger partial charge on any atom is 0.244 e. The molecule has 19 heavy (non-hydrogen) atoms. The molecule has 2 amide bonds. The minimum atomic E-state index is -0.490. The third kappa shape index (κ3) is 4.47. The monoisotopic (exact) mass is 271 g/mol. The Labute approximate surface area is 114 Å². The lowest BCUT2D eigenvalue weighted by atomic mass is 9.99. The van der Waals surface area contributed by atoms with Crippen LogP contribution in [0, 0.1) is 11.8 Å². The number of hydrogen-bond acceptors (Lipinski definition) is 4. The second kappa shape index (κ2) is 6.86. The van der Waals surface area contributed by atoms with E-state index in [0.717, 1.165) is 0 Å².